The minimum atomic E-state index is 0. The zero-order chi connectivity index (χ0) is 22.5. The van der Waals surface area contributed by atoms with Crippen LogP contribution in [0.4, 0.5) is 0 Å². The standard InChI is InChI=1S/C25H39N5O.HI/c1-5-26-25(28-21(4)11-10-17-29(6-2)7-3)27-19-22-13-15-23(16-14-22)20-30-18-9-8-12-24(30)31;/h8-9,12-16,18,21H,5-7,10-11,17,19-20H2,1-4H3,(H2,26,27,28);1H. The molecule has 0 saturated carbocycles. The molecule has 7 heteroatoms. The highest BCUT2D eigenvalue weighted by molar-refractivity contribution is 14.0. The molecule has 32 heavy (non-hydrogen) atoms. The zero-order valence-corrected chi connectivity index (χ0v) is 22.3. The average molecular weight is 554 g/mol. The van der Waals surface area contributed by atoms with Gasteiger partial charge < -0.3 is 20.1 Å². The summed E-state index contributed by atoms with van der Waals surface area (Å²) in [5, 5.41) is 6.88. The molecule has 1 atom stereocenters. The van der Waals surface area contributed by atoms with E-state index >= 15 is 0 Å². The zero-order valence-electron chi connectivity index (χ0n) is 20.0. The summed E-state index contributed by atoms with van der Waals surface area (Å²) in [6.07, 6.45) is 4.12. The lowest BCUT2D eigenvalue weighted by Gasteiger charge is -2.21. The van der Waals surface area contributed by atoms with Crippen LogP contribution < -0.4 is 16.2 Å². The Morgan fingerprint density at radius 1 is 1.06 bits per heavy atom. The summed E-state index contributed by atoms with van der Waals surface area (Å²) < 4.78 is 1.71. The summed E-state index contributed by atoms with van der Waals surface area (Å²) in [4.78, 5) is 19.1. The first-order valence-electron chi connectivity index (χ1n) is 11.6. The maximum atomic E-state index is 11.9. The van der Waals surface area contributed by atoms with Crippen LogP contribution in [-0.4, -0.2) is 47.6 Å². The van der Waals surface area contributed by atoms with Gasteiger partial charge >= 0.3 is 0 Å². The smallest absolute Gasteiger partial charge is 0.250 e. The molecule has 178 valence electrons. The van der Waals surface area contributed by atoms with Gasteiger partial charge in [-0.25, -0.2) is 4.99 Å². The Balaban J connectivity index is 0.00000512. The minimum absolute atomic E-state index is 0. The lowest BCUT2D eigenvalue weighted by atomic mass is 10.1. The van der Waals surface area contributed by atoms with Crippen LogP contribution in [0.2, 0.25) is 0 Å². The second-order valence-electron chi connectivity index (χ2n) is 7.89. The number of pyridine rings is 1. The van der Waals surface area contributed by atoms with E-state index in [-0.39, 0.29) is 29.5 Å². The van der Waals surface area contributed by atoms with Crippen molar-refractivity contribution in [3.8, 4) is 0 Å². The first kappa shape index (κ1) is 28.2. The molecule has 0 spiro atoms. The van der Waals surface area contributed by atoms with E-state index in [9.17, 15) is 4.79 Å². The number of hydrogen-bond donors (Lipinski definition) is 2. The van der Waals surface area contributed by atoms with E-state index in [1.807, 2.05) is 12.3 Å². The van der Waals surface area contributed by atoms with Crippen LogP contribution in [0.1, 0.15) is 51.7 Å². The normalized spacial score (nSPS) is 12.3. The molecule has 0 aliphatic heterocycles. The fourth-order valence-corrected chi connectivity index (χ4v) is 3.49. The van der Waals surface area contributed by atoms with Crippen LogP contribution in [0.25, 0.3) is 0 Å². The maximum absolute atomic E-state index is 11.9. The summed E-state index contributed by atoms with van der Waals surface area (Å²) in [5.74, 6) is 0.859. The number of benzene rings is 1. The molecule has 1 heterocycles. The third-order valence-corrected chi connectivity index (χ3v) is 5.43. The SMILES string of the molecule is CCNC(=NCc1ccc(Cn2ccccc2=O)cc1)NC(C)CCCN(CC)CC.I. The van der Waals surface area contributed by atoms with Gasteiger partial charge in [0, 0.05) is 24.8 Å². The van der Waals surface area contributed by atoms with Gasteiger partial charge in [0.15, 0.2) is 5.96 Å². The monoisotopic (exact) mass is 553 g/mol. The number of aliphatic imine (C=N–C) groups is 1. The van der Waals surface area contributed by atoms with Crippen molar-refractivity contribution < 1.29 is 0 Å². The first-order valence-corrected chi connectivity index (χ1v) is 11.6. The number of nitrogens with zero attached hydrogens (tertiary/aromatic N) is 3. The van der Waals surface area contributed by atoms with Crippen molar-refractivity contribution in [2.24, 2.45) is 4.99 Å². The van der Waals surface area contributed by atoms with Gasteiger partial charge in [0.05, 0.1) is 13.1 Å². The number of rotatable bonds is 12. The van der Waals surface area contributed by atoms with Crippen LogP contribution in [0, 0.1) is 0 Å². The van der Waals surface area contributed by atoms with E-state index in [0.717, 1.165) is 49.7 Å². The summed E-state index contributed by atoms with van der Waals surface area (Å²) in [6.45, 7) is 14.2. The highest BCUT2D eigenvalue weighted by Crippen LogP contribution is 2.07. The fourth-order valence-electron chi connectivity index (χ4n) is 3.49. The van der Waals surface area contributed by atoms with Gasteiger partial charge in [-0.3, -0.25) is 4.79 Å². The Labute approximate surface area is 210 Å². The number of halogens is 1. The molecule has 1 aromatic carbocycles. The predicted molar refractivity (Wildman–Crippen MR) is 146 cm³/mol. The second kappa shape index (κ2) is 15.9. The third-order valence-electron chi connectivity index (χ3n) is 5.43. The fraction of sp³-hybridized carbons (Fsp3) is 0.520. The Kier molecular flexibility index (Phi) is 14.0. The molecule has 0 fully saturated rings. The Bertz CT molecular complexity index is 846. The van der Waals surface area contributed by atoms with Crippen LogP contribution in [0.3, 0.4) is 0 Å². The summed E-state index contributed by atoms with van der Waals surface area (Å²) in [6, 6.07) is 13.9. The van der Waals surface area contributed by atoms with Crippen molar-refractivity contribution >= 4 is 29.9 Å². The summed E-state index contributed by atoms with van der Waals surface area (Å²) in [7, 11) is 0. The molecule has 6 nitrogen and oxygen atoms in total. The van der Waals surface area contributed by atoms with Crippen molar-refractivity contribution in [3.05, 3.63) is 70.1 Å². The predicted octanol–water partition coefficient (Wildman–Crippen LogP) is 4.08. The molecule has 0 bridgehead atoms. The molecule has 2 aromatic rings. The molecule has 0 amide bonds. The van der Waals surface area contributed by atoms with Crippen LogP contribution >= 0.6 is 24.0 Å². The van der Waals surface area contributed by atoms with Gasteiger partial charge in [-0.1, -0.05) is 44.2 Å². The molecule has 1 unspecified atom stereocenters. The first-order chi connectivity index (χ1) is 15.0. The molecule has 2 rings (SSSR count). The Hall–Kier alpha value is -1.87. The number of guanidine groups is 1. The molecule has 0 saturated heterocycles. The lowest BCUT2D eigenvalue weighted by Crippen LogP contribution is -2.42. The highest BCUT2D eigenvalue weighted by Gasteiger charge is 2.07. The lowest BCUT2D eigenvalue weighted by molar-refractivity contribution is 0.292. The highest BCUT2D eigenvalue weighted by atomic mass is 127. The van der Waals surface area contributed by atoms with Gasteiger partial charge in [0.2, 0.25) is 0 Å². The molecule has 0 aliphatic carbocycles. The quantitative estimate of drug-likeness (QED) is 0.236. The maximum Gasteiger partial charge on any atom is 0.250 e. The largest absolute Gasteiger partial charge is 0.357 e. The van der Waals surface area contributed by atoms with E-state index in [2.05, 4.69) is 67.5 Å². The van der Waals surface area contributed by atoms with Crippen LogP contribution in [-0.2, 0) is 13.1 Å². The topological polar surface area (TPSA) is 61.7 Å². The van der Waals surface area contributed by atoms with Gasteiger partial charge in [-0.2, -0.15) is 0 Å². The molecule has 2 N–H and O–H groups in total. The van der Waals surface area contributed by atoms with E-state index < -0.39 is 0 Å². The van der Waals surface area contributed by atoms with E-state index in [1.54, 1.807) is 16.7 Å². The number of aromatic nitrogens is 1. The number of hydrogen-bond acceptors (Lipinski definition) is 3. The molecule has 1 aromatic heterocycles. The third kappa shape index (κ3) is 10.2. The Morgan fingerprint density at radius 3 is 2.38 bits per heavy atom. The van der Waals surface area contributed by atoms with E-state index in [0.29, 0.717) is 19.1 Å². The Morgan fingerprint density at radius 2 is 1.75 bits per heavy atom. The van der Waals surface area contributed by atoms with Gasteiger partial charge in [0.25, 0.3) is 5.56 Å². The van der Waals surface area contributed by atoms with Crippen LogP contribution in [0.5, 0.6) is 0 Å². The molecule has 0 aliphatic rings. The second-order valence-corrected chi connectivity index (χ2v) is 7.89. The molecule has 0 radical (unpaired) electrons. The average Bonchev–Trinajstić information content (AvgIpc) is 2.78. The summed E-state index contributed by atoms with van der Waals surface area (Å²) >= 11 is 0. The van der Waals surface area contributed by atoms with Crippen molar-refractivity contribution in [2.75, 3.05) is 26.2 Å². The minimum Gasteiger partial charge on any atom is -0.357 e. The van der Waals surface area contributed by atoms with Gasteiger partial charge in [-0.15, -0.1) is 24.0 Å². The summed E-state index contributed by atoms with van der Waals surface area (Å²) in [5.41, 5.74) is 2.27. The van der Waals surface area contributed by atoms with Crippen molar-refractivity contribution in [2.45, 2.75) is 59.7 Å². The molecular weight excluding hydrogens is 513 g/mol. The molecular formula is C25H40IN5O. The van der Waals surface area contributed by atoms with Crippen molar-refractivity contribution in [1.29, 1.82) is 0 Å². The van der Waals surface area contributed by atoms with E-state index in [4.69, 9.17) is 4.99 Å². The van der Waals surface area contributed by atoms with Crippen LogP contribution in [0.15, 0.2) is 58.4 Å². The van der Waals surface area contributed by atoms with E-state index in [1.165, 1.54) is 6.42 Å². The number of nitrogens with one attached hydrogen (secondary N) is 2. The van der Waals surface area contributed by atoms with Crippen molar-refractivity contribution in [3.63, 3.8) is 0 Å². The van der Waals surface area contributed by atoms with Gasteiger partial charge in [0.1, 0.15) is 0 Å². The van der Waals surface area contributed by atoms with Crippen molar-refractivity contribution in [1.82, 2.24) is 20.1 Å². The van der Waals surface area contributed by atoms with Gasteiger partial charge in [-0.05, 0) is 63.5 Å².